The van der Waals surface area contributed by atoms with Crippen molar-refractivity contribution in [3.8, 4) is 11.5 Å². The van der Waals surface area contributed by atoms with Gasteiger partial charge in [-0.3, -0.25) is 9.69 Å². The standard InChI is InChI=1S/C21H25Cl2N3O5S/c1-30-15-4-7-19(20(12-15)31-2)24-21(27)14-25-8-3-9-26(11-10-25)32(28,29)16-5-6-17(22)18(23)13-16/h4-7,12-13H,3,8-11,14H2,1-2H3,(H,24,27). The van der Waals surface area contributed by atoms with Crippen molar-refractivity contribution >= 4 is 44.8 Å². The summed E-state index contributed by atoms with van der Waals surface area (Å²) in [5.74, 6) is 0.900. The Bertz CT molecular complexity index is 1080. The minimum Gasteiger partial charge on any atom is -0.497 e. The maximum atomic E-state index is 13.0. The van der Waals surface area contributed by atoms with E-state index in [2.05, 4.69) is 5.32 Å². The summed E-state index contributed by atoms with van der Waals surface area (Å²) in [7, 11) is -0.637. The number of benzene rings is 2. The molecule has 1 N–H and O–H groups in total. The second kappa shape index (κ2) is 10.7. The smallest absolute Gasteiger partial charge is 0.243 e. The molecule has 174 valence electrons. The number of sulfonamides is 1. The molecule has 11 heteroatoms. The van der Waals surface area contributed by atoms with E-state index in [0.29, 0.717) is 48.3 Å². The molecule has 32 heavy (non-hydrogen) atoms. The largest absolute Gasteiger partial charge is 0.497 e. The second-order valence-corrected chi connectivity index (χ2v) is 9.98. The summed E-state index contributed by atoms with van der Waals surface area (Å²) in [6.45, 7) is 1.78. The number of anilines is 1. The van der Waals surface area contributed by atoms with Gasteiger partial charge in [0.25, 0.3) is 0 Å². The number of hydrogen-bond donors (Lipinski definition) is 1. The number of carbonyl (C=O) groups is 1. The maximum Gasteiger partial charge on any atom is 0.243 e. The second-order valence-electron chi connectivity index (χ2n) is 7.22. The van der Waals surface area contributed by atoms with Crippen molar-refractivity contribution < 1.29 is 22.7 Å². The van der Waals surface area contributed by atoms with Gasteiger partial charge in [0.1, 0.15) is 11.5 Å². The van der Waals surface area contributed by atoms with Crippen molar-refractivity contribution in [3.63, 3.8) is 0 Å². The molecule has 2 aromatic rings. The van der Waals surface area contributed by atoms with Crippen molar-refractivity contribution in [1.82, 2.24) is 9.21 Å². The van der Waals surface area contributed by atoms with Gasteiger partial charge in [0.2, 0.25) is 15.9 Å². The molecule has 0 saturated carbocycles. The fourth-order valence-electron chi connectivity index (χ4n) is 3.43. The lowest BCUT2D eigenvalue weighted by molar-refractivity contribution is -0.117. The highest BCUT2D eigenvalue weighted by atomic mass is 35.5. The van der Waals surface area contributed by atoms with Gasteiger partial charge in [-0.25, -0.2) is 8.42 Å². The molecule has 1 aliphatic rings. The molecule has 0 aliphatic carbocycles. The van der Waals surface area contributed by atoms with Gasteiger partial charge in [0.05, 0.1) is 41.4 Å². The van der Waals surface area contributed by atoms with Crippen molar-refractivity contribution in [3.05, 3.63) is 46.4 Å². The predicted molar refractivity (Wildman–Crippen MR) is 124 cm³/mol. The Morgan fingerprint density at radius 2 is 1.78 bits per heavy atom. The lowest BCUT2D eigenvalue weighted by atomic mass is 10.2. The van der Waals surface area contributed by atoms with Crippen LogP contribution in [0.5, 0.6) is 11.5 Å². The zero-order valence-corrected chi connectivity index (χ0v) is 20.1. The number of hydrogen-bond acceptors (Lipinski definition) is 6. The van der Waals surface area contributed by atoms with E-state index in [1.165, 1.54) is 29.6 Å². The highest BCUT2D eigenvalue weighted by Crippen LogP contribution is 2.29. The fraction of sp³-hybridized carbons (Fsp3) is 0.381. The average Bonchev–Trinajstić information content (AvgIpc) is 3.01. The van der Waals surface area contributed by atoms with Gasteiger partial charge in [0.15, 0.2) is 0 Å². The number of methoxy groups -OCH3 is 2. The molecule has 0 aromatic heterocycles. The third-order valence-electron chi connectivity index (χ3n) is 5.13. The molecule has 1 fully saturated rings. The van der Waals surface area contributed by atoms with E-state index in [1.807, 2.05) is 4.90 Å². The van der Waals surface area contributed by atoms with Crippen LogP contribution in [0.15, 0.2) is 41.3 Å². The molecule has 1 amide bonds. The van der Waals surface area contributed by atoms with E-state index >= 15 is 0 Å². The van der Waals surface area contributed by atoms with Crippen LogP contribution in [0.4, 0.5) is 5.69 Å². The lowest BCUT2D eigenvalue weighted by Gasteiger charge is -2.22. The Morgan fingerprint density at radius 1 is 1.00 bits per heavy atom. The number of nitrogens with zero attached hydrogens (tertiary/aromatic N) is 2. The monoisotopic (exact) mass is 501 g/mol. The third-order valence-corrected chi connectivity index (χ3v) is 7.76. The van der Waals surface area contributed by atoms with Crippen LogP contribution < -0.4 is 14.8 Å². The van der Waals surface area contributed by atoms with Crippen molar-refractivity contribution in [2.24, 2.45) is 0 Å². The minimum atomic E-state index is -3.71. The van der Waals surface area contributed by atoms with Gasteiger partial charge < -0.3 is 14.8 Å². The van der Waals surface area contributed by atoms with Gasteiger partial charge in [-0.2, -0.15) is 4.31 Å². The maximum absolute atomic E-state index is 13.0. The van der Waals surface area contributed by atoms with Crippen LogP contribution in [0, 0.1) is 0 Å². The topological polar surface area (TPSA) is 88.2 Å². The van der Waals surface area contributed by atoms with Crippen molar-refractivity contribution in [1.29, 1.82) is 0 Å². The van der Waals surface area contributed by atoms with E-state index in [9.17, 15) is 13.2 Å². The van der Waals surface area contributed by atoms with Crippen LogP contribution in [0.1, 0.15) is 6.42 Å². The average molecular weight is 502 g/mol. The molecule has 0 atom stereocenters. The molecule has 1 saturated heterocycles. The summed E-state index contributed by atoms with van der Waals surface area (Å²) < 4.78 is 37.9. The number of ether oxygens (including phenoxy) is 2. The van der Waals surface area contributed by atoms with E-state index in [0.717, 1.165) is 0 Å². The van der Waals surface area contributed by atoms with Crippen molar-refractivity contribution in [2.45, 2.75) is 11.3 Å². The quantitative estimate of drug-likeness (QED) is 0.625. The van der Waals surface area contributed by atoms with Gasteiger partial charge >= 0.3 is 0 Å². The lowest BCUT2D eigenvalue weighted by Crippen LogP contribution is -2.38. The number of halogens is 2. The first-order valence-corrected chi connectivity index (χ1v) is 12.1. The zero-order valence-electron chi connectivity index (χ0n) is 17.8. The zero-order chi connectivity index (χ0) is 23.3. The molecule has 1 heterocycles. The van der Waals surface area contributed by atoms with Crippen LogP contribution >= 0.6 is 23.2 Å². The number of amides is 1. The van der Waals surface area contributed by atoms with Crippen LogP contribution in [0.3, 0.4) is 0 Å². The normalized spacial score (nSPS) is 15.8. The Morgan fingerprint density at radius 3 is 2.47 bits per heavy atom. The highest BCUT2D eigenvalue weighted by molar-refractivity contribution is 7.89. The van der Waals surface area contributed by atoms with Crippen LogP contribution in [-0.4, -0.2) is 70.5 Å². The molecular weight excluding hydrogens is 477 g/mol. The summed E-state index contributed by atoms with van der Waals surface area (Å²) in [5, 5.41) is 3.33. The molecular formula is C21H25Cl2N3O5S. The van der Waals surface area contributed by atoms with Crippen LogP contribution in [-0.2, 0) is 14.8 Å². The van der Waals surface area contributed by atoms with E-state index in [1.54, 1.807) is 25.3 Å². The summed E-state index contributed by atoms with van der Waals surface area (Å²) in [6, 6.07) is 9.41. The van der Waals surface area contributed by atoms with Crippen LogP contribution in [0.2, 0.25) is 10.0 Å². The third kappa shape index (κ3) is 5.85. The molecule has 0 spiro atoms. The predicted octanol–water partition coefficient (Wildman–Crippen LogP) is 3.35. The Hall–Kier alpha value is -2.04. The molecule has 0 bridgehead atoms. The number of nitrogens with one attached hydrogen (secondary N) is 1. The van der Waals surface area contributed by atoms with Gasteiger partial charge in [0, 0.05) is 25.7 Å². The molecule has 8 nitrogen and oxygen atoms in total. The number of rotatable bonds is 7. The highest BCUT2D eigenvalue weighted by Gasteiger charge is 2.28. The first-order chi connectivity index (χ1) is 15.2. The Balaban J connectivity index is 1.61. The fourth-order valence-corrected chi connectivity index (χ4v) is 5.29. The van der Waals surface area contributed by atoms with Gasteiger partial charge in [-0.15, -0.1) is 0 Å². The van der Waals surface area contributed by atoms with Crippen LogP contribution in [0.25, 0.3) is 0 Å². The van der Waals surface area contributed by atoms with E-state index in [-0.39, 0.29) is 28.9 Å². The van der Waals surface area contributed by atoms with E-state index in [4.69, 9.17) is 32.7 Å². The Labute approximate surface area is 198 Å². The summed E-state index contributed by atoms with van der Waals surface area (Å²) >= 11 is 11.9. The summed E-state index contributed by atoms with van der Waals surface area (Å²) in [5.41, 5.74) is 0.539. The van der Waals surface area contributed by atoms with Gasteiger partial charge in [-0.1, -0.05) is 23.2 Å². The van der Waals surface area contributed by atoms with E-state index < -0.39 is 10.0 Å². The van der Waals surface area contributed by atoms with Crippen molar-refractivity contribution in [2.75, 3.05) is 52.3 Å². The number of carbonyl (C=O) groups excluding carboxylic acids is 1. The Kier molecular flexibility index (Phi) is 8.24. The molecule has 0 radical (unpaired) electrons. The molecule has 1 aliphatic heterocycles. The summed E-state index contributed by atoms with van der Waals surface area (Å²) in [4.78, 5) is 14.6. The first-order valence-electron chi connectivity index (χ1n) is 9.94. The molecule has 0 unspecified atom stereocenters. The SMILES string of the molecule is COc1ccc(NC(=O)CN2CCCN(S(=O)(=O)c3ccc(Cl)c(Cl)c3)CC2)c(OC)c1. The molecule has 3 rings (SSSR count). The molecule has 2 aromatic carbocycles. The van der Waals surface area contributed by atoms with Gasteiger partial charge in [-0.05, 0) is 43.3 Å². The summed E-state index contributed by atoms with van der Waals surface area (Å²) in [6.07, 6.45) is 0.597. The minimum absolute atomic E-state index is 0.102. The first kappa shape index (κ1) is 24.6.